The SMILES string of the molecule is CN(CC(=O)Nc1ccc(F)cc1)c1cccc(C#N)c1. The molecule has 0 saturated carbocycles. The predicted octanol–water partition coefficient (Wildman–Crippen LogP) is 2.77. The van der Waals surface area contributed by atoms with Gasteiger partial charge in [-0.2, -0.15) is 5.26 Å². The Hall–Kier alpha value is -2.87. The van der Waals surface area contributed by atoms with Crippen LogP contribution in [-0.4, -0.2) is 19.5 Å². The van der Waals surface area contributed by atoms with Gasteiger partial charge in [0, 0.05) is 18.4 Å². The molecule has 0 spiro atoms. The predicted molar refractivity (Wildman–Crippen MR) is 79.5 cm³/mol. The number of rotatable bonds is 4. The van der Waals surface area contributed by atoms with Gasteiger partial charge in [-0.3, -0.25) is 4.79 Å². The fraction of sp³-hybridized carbons (Fsp3) is 0.125. The number of carbonyl (C=O) groups is 1. The molecule has 21 heavy (non-hydrogen) atoms. The van der Waals surface area contributed by atoms with Gasteiger partial charge in [0.15, 0.2) is 0 Å². The van der Waals surface area contributed by atoms with Crippen LogP contribution in [0.15, 0.2) is 48.5 Å². The van der Waals surface area contributed by atoms with Crippen molar-refractivity contribution in [1.29, 1.82) is 5.26 Å². The lowest BCUT2D eigenvalue weighted by molar-refractivity contribution is -0.114. The van der Waals surface area contributed by atoms with E-state index in [-0.39, 0.29) is 18.3 Å². The molecular weight excluding hydrogens is 269 g/mol. The second-order valence-corrected chi connectivity index (χ2v) is 4.57. The van der Waals surface area contributed by atoms with Gasteiger partial charge in [-0.1, -0.05) is 6.07 Å². The van der Waals surface area contributed by atoms with E-state index in [0.29, 0.717) is 11.3 Å². The first-order valence-electron chi connectivity index (χ1n) is 6.35. The number of carbonyl (C=O) groups excluding carboxylic acids is 1. The summed E-state index contributed by atoms with van der Waals surface area (Å²) >= 11 is 0. The summed E-state index contributed by atoms with van der Waals surface area (Å²) in [5, 5.41) is 11.6. The molecule has 0 bridgehead atoms. The van der Waals surface area contributed by atoms with E-state index in [1.807, 2.05) is 6.07 Å². The van der Waals surface area contributed by atoms with Crippen molar-refractivity contribution >= 4 is 17.3 Å². The van der Waals surface area contributed by atoms with E-state index < -0.39 is 0 Å². The van der Waals surface area contributed by atoms with E-state index >= 15 is 0 Å². The zero-order valence-corrected chi connectivity index (χ0v) is 11.5. The molecule has 0 atom stereocenters. The number of hydrogen-bond donors (Lipinski definition) is 1. The molecule has 1 N–H and O–H groups in total. The second-order valence-electron chi connectivity index (χ2n) is 4.57. The van der Waals surface area contributed by atoms with Crippen LogP contribution in [0.1, 0.15) is 5.56 Å². The first-order valence-corrected chi connectivity index (χ1v) is 6.35. The van der Waals surface area contributed by atoms with Crippen LogP contribution in [0.5, 0.6) is 0 Å². The van der Waals surface area contributed by atoms with Crippen LogP contribution in [0.2, 0.25) is 0 Å². The van der Waals surface area contributed by atoms with E-state index in [2.05, 4.69) is 11.4 Å². The fourth-order valence-electron chi connectivity index (χ4n) is 1.85. The largest absolute Gasteiger partial charge is 0.365 e. The number of amides is 1. The van der Waals surface area contributed by atoms with E-state index in [9.17, 15) is 9.18 Å². The van der Waals surface area contributed by atoms with Crippen molar-refractivity contribution in [3.05, 3.63) is 59.9 Å². The molecule has 1 amide bonds. The summed E-state index contributed by atoms with van der Waals surface area (Å²) in [6.45, 7) is 0.131. The minimum Gasteiger partial charge on any atom is -0.365 e. The van der Waals surface area contributed by atoms with Crippen LogP contribution < -0.4 is 10.2 Å². The summed E-state index contributed by atoms with van der Waals surface area (Å²) in [5.74, 6) is -0.565. The van der Waals surface area contributed by atoms with Crippen molar-refractivity contribution in [2.45, 2.75) is 0 Å². The summed E-state index contributed by atoms with van der Waals surface area (Å²) < 4.78 is 12.8. The normalized spacial score (nSPS) is 9.76. The van der Waals surface area contributed by atoms with Gasteiger partial charge < -0.3 is 10.2 Å². The highest BCUT2D eigenvalue weighted by Crippen LogP contribution is 2.14. The van der Waals surface area contributed by atoms with Crippen molar-refractivity contribution in [3.8, 4) is 6.07 Å². The lowest BCUT2D eigenvalue weighted by atomic mass is 10.2. The van der Waals surface area contributed by atoms with Crippen molar-refractivity contribution in [2.24, 2.45) is 0 Å². The summed E-state index contributed by atoms with van der Waals surface area (Å²) in [6, 6.07) is 14.6. The van der Waals surface area contributed by atoms with Crippen LogP contribution in [0.4, 0.5) is 15.8 Å². The van der Waals surface area contributed by atoms with Gasteiger partial charge in [0.05, 0.1) is 18.2 Å². The topological polar surface area (TPSA) is 56.1 Å². The standard InChI is InChI=1S/C16H14FN3O/c1-20(15-4-2-3-12(9-15)10-18)11-16(21)19-14-7-5-13(17)6-8-14/h2-9H,11H2,1H3,(H,19,21). The number of hydrogen-bond acceptors (Lipinski definition) is 3. The molecule has 0 fully saturated rings. The molecule has 0 radical (unpaired) electrons. The van der Waals surface area contributed by atoms with Gasteiger partial charge in [-0.05, 0) is 42.5 Å². The van der Waals surface area contributed by atoms with Crippen LogP contribution in [0.25, 0.3) is 0 Å². The highest BCUT2D eigenvalue weighted by Gasteiger charge is 2.08. The minimum atomic E-state index is -0.349. The van der Waals surface area contributed by atoms with Gasteiger partial charge >= 0.3 is 0 Å². The average molecular weight is 283 g/mol. The minimum absolute atomic E-state index is 0.131. The van der Waals surface area contributed by atoms with Crippen LogP contribution >= 0.6 is 0 Å². The molecule has 4 nitrogen and oxygen atoms in total. The summed E-state index contributed by atoms with van der Waals surface area (Å²) in [5.41, 5.74) is 1.86. The Morgan fingerprint density at radius 3 is 2.67 bits per heavy atom. The quantitative estimate of drug-likeness (QED) is 0.938. The highest BCUT2D eigenvalue weighted by atomic mass is 19.1. The number of likely N-dealkylation sites (N-methyl/N-ethyl adjacent to an activating group) is 1. The summed E-state index contributed by atoms with van der Waals surface area (Å²) in [6.07, 6.45) is 0. The third kappa shape index (κ3) is 4.05. The van der Waals surface area contributed by atoms with Gasteiger partial charge in [0.1, 0.15) is 5.82 Å². The lowest BCUT2D eigenvalue weighted by Gasteiger charge is -2.19. The van der Waals surface area contributed by atoms with Crippen LogP contribution in [-0.2, 0) is 4.79 Å². The van der Waals surface area contributed by atoms with Crippen LogP contribution in [0.3, 0.4) is 0 Å². The maximum Gasteiger partial charge on any atom is 0.243 e. The van der Waals surface area contributed by atoms with Crippen molar-refractivity contribution in [3.63, 3.8) is 0 Å². The monoisotopic (exact) mass is 283 g/mol. The molecule has 0 unspecified atom stereocenters. The molecule has 2 rings (SSSR count). The molecule has 2 aromatic rings. The van der Waals surface area contributed by atoms with Crippen molar-refractivity contribution < 1.29 is 9.18 Å². The molecule has 2 aromatic carbocycles. The molecule has 0 aromatic heterocycles. The van der Waals surface area contributed by atoms with Crippen LogP contribution in [0, 0.1) is 17.1 Å². The number of nitrogens with zero attached hydrogens (tertiary/aromatic N) is 2. The first kappa shape index (κ1) is 14.5. The molecule has 106 valence electrons. The maximum absolute atomic E-state index is 12.8. The number of anilines is 2. The van der Waals surface area contributed by atoms with Gasteiger partial charge in [-0.25, -0.2) is 4.39 Å². The van der Waals surface area contributed by atoms with E-state index in [1.165, 1.54) is 24.3 Å². The molecular formula is C16H14FN3O. The van der Waals surface area contributed by atoms with Crippen molar-refractivity contribution in [2.75, 3.05) is 23.8 Å². The van der Waals surface area contributed by atoms with E-state index in [0.717, 1.165) is 5.69 Å². The average Bonchev–Trinajstić information content (AvgIpc) is 2.49. The highest BCUT2D eigenvalue weighted by molar-refractivity contribution is 5.94. The Balaban J connectivity index is 1.98. The molecule has 0 aliphatic heterocycles. The Morgan fingerprint density at radius 2 is 2.00 bits per heavy atom. The molecule has 0 heterocycles. The Labute approximate surface area is 122 Å². The third-order valence-corrected chi connectivity index (χ3v) is 2.92. The van der Waals surface area contributed by atoms with E-state index in [4.69, 9.17) is 5.26 Å². The maximum atomic E-state index is 12.8. The van der Waals surface area contributed by atoms with Gasteiger partial charge in [0.2, 0.25) is 5.91 Å². The second kappa shape index (κ2) is 6.53. The molecule has 5 heteroatoms. The molecule has 0 saturated heterocycles. The van der Waals surface area contributed by atoms with E-state index in [1.54, 1.807) is 30.1 Å². The number of nitriles is 1. The Kier molecular flexibility index (Phi) is 4.52. The third-order valence-electron chi connectivity index (χ3n) is 2.92. The lowest BCUT2D eigenvalue weighted by Crippen LogP contribution is -2.30. The Morgan fingerprint density at radius 1 is 1.29 bits per heavy atom. The van der Waals surface area contributed by atoms with Gasteiger partial charge in [0.25, 0.3) is 0 Å². The number of halogens is 1. The zero-order valence-electron chi connectivity index (χ0n) is 11.5. The van der Waals surface area contributed by atoms with Gasteiger partial charge in [-0.15, -0.1) is 0 Å². The number of benzene rings is 2. The smallest absolute Gasteiger partial charge is 0.243 e. The Bertz CT molecular complexity index is 677. The first-order chi connectivity index (χ1) is 10.1. The molecule has 0 aliphatic carbocycles. The molecule has 0 aliphatic rings. The number of nitrogens with one attached hydrogen (secondary N) is 1. The summed E-state index contributed by atoms with van der Waals surface area (Å²) in [7, 11) is 1.76. The summed E-state index contributed by atoms with van der Waals surface area (Å²) in [4.78, 5) is 13.7. The zero-order chi connectivity index (χ0) is 15.2. The fourth-order valence-corrected chi connectivity index (χ4v) is 1.85. The van der Waals surface area contributed by atoms with Crippen molar-refractivity contribution in [1.82, 2.24) is 0 Å².